The Balaban J connectivity index is 2.13. The number of ether oxygens (including phenoxy) is 6. The van der Waals surface area contributed by atoms with Gasteiger partial charge < -0.3 is 39.1 Å². The maximum atomic E-state index is 5.50. The van der Waals surface area contributed by atoms with Gasteiger partial charge >= 0.3 is 0 Å². The van der Waals surface area contributed by atoms with Gasteiger partial charge in [-0.15, -0.1) is 0 Å². The molecule has 0 unspecified atom stereocenters. The van der Waals surface area contributed by atoms with Crippen LogP contribution in [-0.4, -0.2) is 55.7 Å². The summed E-state index contributed by atoms with van der Waals surface area (Å²) in [7, 11) is 11.3. The van der Waals surface area contributed by atoms with E-state index < -0.39 is 0 Å². The van der Waals surface area contributed by atoms with Crippen LogP contribution in [0.25, 0.3) is 0 Å². The fourth-order valence-electron chi connectivity index (χ4n) is 3.07. The predicted molar refractivity (Wildman–Crippen MR) is 119 cm³/mol. The van der Waals surface area contributed by atoms with E-state index >= 15 is 0 Å². The highest BCUT2D eigenvalue weighted by Gasteiger charge is 2.15. The predicted octanol–water partition coefficient (Wildman–Crippen LogP) is 2.60. The summed E-state index contributed by atoms with van der Waals surface area (Å²) in [6.45, 7) is 0.929. The van der Waals surface area contributed by atoms with E-state index in [1.807, 2.05) is 24.3 Å². The molecule has 170 valence electrons. The van der Waals surface area contributed by atoms with Crippen molar-refractivity contribution in [2.45, 2.75) is 13.1 Å². The van der Waals surface area contributed by atoms with E-state index in [2.05, 4.69) is 15.6 Å². The van der Waals surface area contributed by atoms with Gasteiger partial charge in [0.1, 0.15) is 17.2 Å². The van der Waals surface area contributed by atoms with Crippen LogP contribution in [0.4, 0.5) is 0 Å². The van der Waals surface area contributed by atoms with Crippen LogP contribution in [0.15, 0.2) is 29.3 Å². The average Bonchev–Trinajstić information content (AvgIpc) is 2.82. The molecule has 0 radical (unpaired) electrons. The zero-order valence-electron chi connectivity index (χ0n) is 19.1. The van der Waals surface area contributed by atoms with Crippen molar-refractivity contribution in [3.63, 3.8) is 0 Å². The highest BCUT2D eigenvalue weighted by Crippen LogP contribution is 2.38. The van der Waals surface area contributed by atoms with Crippen molar-refractivity contribution >= 4 is 5.96 Å². The van der Waals surface area contributed by atoms with Crippen molar-refractivity contribution in [2.75, 3.05) is 49.7 Å². The quantitative estimate of drug-likeness (QED) is 0.436. The van der Waals surface area contributed by atoms with E-state index in [-0.39, 0.29) is 0 Å². The van der Waals surface area contributed by atoms with E-state index in [1.54, 1.807) is 49.7 Å². The molecular weight excluding hydrogens is 402 g/mol. The molecule has 2 N–H and O–H groups in total. The SMILES string of the molecule is CN=C(NCc1cc(OC)c(OC)c(OC)c1)NCc1c(OC)cc(OC)cc1OC. The van der Waals surface area contributed by atoms with Crippen molar-refractivity contribution in [1.82, 2.24) is 10.6 Å². The van der Waals surface area contributed by atoms with E-state index in [0.29, 0.717) is 53.5 Å². The van der Waals surface area contributed by atoms with E-state index in [9.17, 15) is 0 Å². The standard InChI is InChI=1S/C22H31N3O6/c1-23-22(24-12-14-8-19(29-5)21(31-7)20(9-14)30-6)25-13-16-17(27-3)10-15(26-2)11-18(16)28-4/h8-11H,12-13H2,1-7H3,(H2,23,24,25). The van der Waals surface area contributed by atoms with Crippen LogP contribution in [0, 0.1) is 0 Å². The van der Waals surface area contributed by atoms with Crippen LogP contribution in [-0.2, 0) is 13.1 Å². The second-order valence-electron chi connectivity index (χ2n) is 6.32. The molecule has 2 aromatic rings. The topological polar surface area (TPSA) is 91.8 Å². The molecule has 0 fully saturated rings. The van der Waals surface area contributed by atoms with Crippen LogP contribution in [0.5, 0.6) is 34.5 Å². The molecule has 0 aromatic heterocycles. The number of nitrogens with zero attached hydrogens (tertiary/aromatic N) is 1. The van der Waals surface area contributed by atoms with Gasteiger partial charge in [0.2, 0.25) is 5.75 Å². The molecule has 0 spiro atoms. The van der Waals surface area contributed by atoms with Gasteiger partial charge in [0.25, 0.3) is 0 Å². The lowest BCUT2D eigenvalue weighted by Gasteiger charge is -2.18. The minimum absolute atomic E-state index is 0.436. The van der Waals surface area contributed by atoms with Crippen molar-refractivity contribution < 1.29 is 28.4 Å². The van der Waals surface area contributed by atoms with E-state index in [4.69, 9.17) is 28.4 Å². The number of guanidine groups is 1. The first-order chi connectivity index (χ1) is 15.0. The number of rotatable bonds is 10. The summed E-state index contributed by atoms with van der Waals surface area (Å²) in [4.78, 5) is 4.28. The third kappa shape index (κ3) is 5.78. The smallest absolute Gasteiger partial charge is 0.203 e. The fraction of sp³-hybridized carbons (Fsp3) is 0.409. The zero-order chi connectivity index (χ0) is 22.8. The van der Waals surface area contributed by atoms with Gasteiger partial charge in [0, 0.05) is 25.7 Å². The third-order valence-electron chi connectivity index (χ3n) is 4.66. The lowest BCUT2D eigenvalue weighted by molar-refractivity contribution is 0.323. The minimum atomic E-state index is 0.436. The van der Waals surface area contributed by atoms with Crippen molar-refractivity contribution in [1.29, 1.82) is 0 Å². The molecule has 0 saturated carbocycles. The Labute approximate surface area is 183 Å². The molecule has 0 aliphatic heterocycles. The van der Waals surface area contributed by atoms with Crippen LogP contribution < -0.4 is 39.1 Å². The Morgan fingerprint density at radius 1 is 0.677 bits per heavy atom. The Bertz CT molecular complexity index is 851. The number of hydrogen-bond acceptors (Lipinski definition) is 7. The zero-order valence-corrected chi connectivity index (χ0v) is 19.1. The Kier molecular flexibility index (Phi) is 8.93. The average molecular weight is 434 g/mol. The summed E-state index contributed by atoms with van der Waals surface area (Å²) < 4.78 is 32.5. The summed E-state index contributed by atoms with van der Waals surface area (Å²) in [5, 5.41) is 6.55. The third-order valence-corrected chi connectivity index (χ3v) is 4.66. The lowest BCUT2D eigenvalue weighted by Crippen LogP contribution is -2.36. The summed E-state index contributed by atoms with van der Waals surface area (Å²) in [6, 6.07) is 7.39. The number of nitrogens with one attached hydrogen (secondary N) is 2. The van der Waals surface area contributed by atoms with Gasteiger partial charge in [-0.25, -0.2) is 0 Å². The first-order valence-electron chi connectivity index (χ1n) is 9.57. The number of methoxy groups -OCH3 is 6. The maximum absolute atomic E-state index is 5.50. The molecule has 0 atom stereocenters. The number of aliphatic imine (C=N–C) groups is 1. The molecule has 0 heterocycles. The lowest BCUT2D eigenvalue weighted by atomic mass is 10.1. The van der Waals surface area contributed by atoms with Gasteiger partial charge in [0.15, 0.2) is 17.5 Å². The highest BCUT2D eigenvalue weighted by atomic mass is 16.5. The monoisotopic (exact) mass is 433 g/mol. The summed E-state index contributed by atoms with van der Waals surface area (Å²) in [6.07, 6.45) is 0. The second kappa shape index (κ2) is 11.6. The molecule has 0 aliphatic carbocycles. The molecule has 0 aliphatic rings. The van der Waals surface area contributed by atoms with Crippen molar-refractivity contribution in [3.8, 4) is 34.5 Å². The summed E-state index contributed by atoms with van der Waals surface area (Å²) in [5.74, 6) is 4.31. The molecule has 2 rings (SSSR count). The fourth-order valence-corrected chi connectivity index (χ4v) is 3.07. The van der Waals surface area contributed by atoms with Gasteiger partial charge in [-0.1, -0.05) is 0 Å². The Hall–Kier alpha value is -3.49. The van der Waals surface area contributed by atoms with Crippen LogP contribution in [0.3, 0.4) is 0 Å². The molecule has 0 bridgehead atoms. The van der Waals surface area contributed by atoms with Gasteiger partial charge in [-0.3, -0.25) is 4.99 Å². The molecule has 31 heavy (non-hydrogen) atoms. The van der Waals surface area contributed by atoms with Crippen molar-refractivity contribution in [2.24, 2.45) is 4.99 Å². The van der Waals surface area contributed by atoms with Gasteiger partial charge in [-0.2, -0.15) is 0 Å². The number of hydrogen-bond donors (Lipinski definition) is 2. The highest BCUT2D eigenvalue weighted by molar-refractivity contribution is 5.79. The van der Waals surface area contributed by atoms with Crippen LogP contribution >= 0.6 is 0 Å². The summed E-state index contributed by atoms with van der Waals surface area (Å²) in [5.41, 5.74) is 1.79. The molecular formula is C22H31N3O6. The van der Waals surface area contributed by atoms with Crippen LogP contribution in [0.1, 0.15) is 11.1 Å². The van der Waals surface area contributed by atoms with Gasteiger partial charge in [0.05, 0.1) is 54.8 Å². The largest absolute Gasteiger partial charge is 0.496 e. The molecule has 0 saturated heterocycles. The first-order valence-corrected chi connectivity index (χ1v) is 9.57. The Morgan fingerprint density at radius 3 is 1.61 bits per heavy atom. The van der Waals surface area contributed by atoms with Crippen LogP contribution in [0.2, 0.25) is 0 Å². The first kappa shape index (κ1) is 23.8. The van der Waals surface area contributed by atoms with Gasteiger partial charge in [-0.05, 0) is 17.7 Å². The molecule has 2 aromatic carbocycles. The number of benzene rings is 2. The van der Waals surface area contributed by atoms with Crippen molar-refractivity contribution in [3.05, 3.63) is 35.4 Å². The van der Waals surface area contributed by atoms with E-state index in [0.717, 1.165) is 11.1 Å². The normalized spacial score (nSPS) is 10.9. The molecule has 9 heteroatoms. The molecule has 0 amide bonds. The molecule has 9 nitrogen and oxygen atoms in total. The minimum Gasteiger partial charge on any atom is -0.496 e. The van der Waals surface area contributed by atoms with E-state index in [1.165, 1.54) is 0 Å². The summed E-state index contributed by atoms with van der Waals surface area (Å²) >= 11 is 0. The Morgan fingerprint density at radius 2 is 1.19 bits per heavy atom. The second-order valence-corrected chi connectivity index (χ2v) is 6.32. The maximum Gasteiger partial charge on any atom is 0.203 e.